The van der Waals surface area contributed by atoms with Crippen molar-refractivity contribution in [3.05, 3.63) is 82.7 Å². The molecule has 0 N–H and O–H groups in total. The van der Waals surface area contributed by atoms with Gasteiger partial charge in [0.15, 0.2) is 11.5 Å². The first-order valence-electron chi connectivity index (χ1n) is 8.41. The molecule has 27 heavy (non-hydrogen) atoms. The fraction of sp³-hybridized carbons (Fsp3) is 0.100. The van der Waals surface area contributed by atoms with Crippen LogP contribution in [-0.4, -0.2) is 21.0 Å². The van der Waals surface area contributed by atoms with Gasteiger partial charge in [0.25, 0.3) is 5.56 Å². The van der Waals surface area contributed by atoms with E-state index in [1.165, 1.54) is 15.1 Å². The number of ether oxygens (including phenoxy) is 2. The van der Waals surface area contributed by atoms with Gasteiger partial charge in [0, 0.05) is 23.5 Å². The number of fused-ring (bicyclic) bond motifs is 2. The van der Waals surface area contributed by atoms with E-state index in [0.29, 0.717) is 28.3 Å². The Morgan fingerprint density at radius 3 is 2.78 bits per heavy atom. The van der Waals surface area contributed by atoms with Gasteiger partial charge in [-0.1, -0.05) is 18.2 Å². The van der Waals surface area contributed by atoms with Gasteiger partial charge in [-0.3, -0.25) is 4.79 Å². The summed E-state index contributed by atoms with van der Waals surface area (Å²) in [7, 11) is 0. The van der Waals surface area contributed by atoms with Crippen molar-refractivity contribution in [3.63, 3.8) is 0 Å². The molecular weight excluding hydrogens is 349 g/mol. The second-order valence-corrected chi connectivity index (χ2v) is 6.25. The first kappa shape index (κ1) is 15.6. The molecule has 0 saturated carbocycles. The number of benzene rings is 2. The van der Waals surface area contributed by atoms with Crippen molar-refractivity contribution in [3.8, 4) is 22.8 Å². The SMILES string of the molecule is O=c1c2cc(-c3ccc4c(c3)OCO4)nn2ccn1Cc1ccccc1F. The van der Waals surface area contributed by atoms with Crippen molar-refractivity contribution in [2.75, 3.05) is 6.79 Å². The lowest BCUT2D eigenvalue weighted by Crippen LogP contribution is -2.22. The summed E-state index contributed by atoms with van der Waals surface area (Å²) in [6.45, 7) is 0.358. The summed E-state index contributed by atoms with van der Waals surface area (Å²) >= 11 is 0. The lowest BCUT2D eigenvalue weighted by Gasteiger charge is -2.06. The maximum Gasteiger partial charge on any atom is 0.276 e. The van der Waals surface area contributed by atoms with Gasteiger partial charge < -0.3 is 14.0 Å². The van der Waals surface area contributed by atoms with E-state index < -0.39 is 0 Å². The molecule has 1 aliphatic rings. The summed E-state index contributed by atoms with van der Waals surface area (Å²) in [5.41, 5.74) is 2.11. The first-order chi connectivity index (χ1) is 13.2. The molecule has 1 aliphatic heterocycles. The smallest absolute Gasteiger partial charge is 0.276 e. The Morgan fingerprint density at radius 2 is 1.89 bits per heavy atom. The average Bonchev–Trinajstić information content (AvgIpc) is 3.32. The maximum atomic E-state index is 13.9. The predicted octanol–water partition coefficient (Wildman–Crippen LogP) is 3.08. The zero-order valence-corrected chi connectivity index (χ0v) is 14.1. The molecule has 3 heterocycles. The van der Waals surface area contributed by atoms with Crippen molar-refractivity contribution in [2.24, 2.45) is 0 Å². The third kappa shape index (κ3) is 2.64. The first-order valence-corrected chi connectivity index (χ1v) is 8.41. The van der Waals surface area contributed by atoms with E-state index in [0.717, 1.165) is 5.56 Å². The van der Waals surface area contributed by atoms with Gasteiger partial charge >= 0.3 is 0 Å². The highest BCUT2D eigenvalue weighted by Crippen LogP contribution is 2.35. The summed E-state index contributed by atoms with van der Waals surface area (Å²) in [4.78, 5) is 12.8. The van der Waals surface area contributed by atoms with Crippen LogP contribution < -0.4 is 15.0 Å². The van der Waals surface area contributed by atoms with E-state index in [4.69, 9.17) is 9.47 Å². The third-order valence-corrected chi connectivity index (χ3v) is 4.57. The van der Waals surface area contributed by atoms with E-state index in [1.54, 1.807) is 36.7 Å². The predicted molar refractivity (Wildman–Crippen MR) is 96.5 cm³/mol. The monoisotopic (exact) mass is 363 g/mol. The molecule has 0 radical (unpaired) electrons. The van der Waals surface area contributed by atoms with E-state index in [2.05, 4.69) is 5.10 Å². The van der Waals surface area contributed by atoms with Gasteiger partial charge in [-0.25, -0.2) is 8.91 Å². The molecule has 0 bridgehead atoms. The van der Waals surface area contributed by atoms with Crippen LogP contribution in [0.25, 0.3) is 16.8 Å². The highest BCUT2D eigenvalue weighted by molar-refractivity contribution is 5.68. The minimum Gasteiger partial charge on any atom is -0.454 e. The molecule has 6 nitrogen and oxygen atoms in total. The molecule has 0 fully saturated rings. The number of aromatic nitrogens is 3. The highest BCUT2D eigenvalue weighted by atomic mass is 19.1. The normalized spacial score (nSPS) is 12.6. The molecule has 134 valence electrons. The lowest BCUT2D eigenvalue weighted by atomic mass is 10.1. The van der Waals surface area contributed by atoms with E-state index in [9.17, 15) is 9.18 Å². The third-order valence-electron chi connectivity index (χ3n) is 4.57. The maximum absolute atomic E-state index is 13.9. The Morgan fingerprint density at radius 1 is 1.04 bits per heavy atom. The zero-order valence-electron chi connectivity index (χ0n) is 14.1. The zero-order chi connectivity index (χ0) is 18.4. The van der Waals surface area contributed by atoms with Crippen molar-refractivity contribution < 1.29 is 13.9 Å². The van der Waals surface area contributed by atoms with Gasteiger partial charge in [0.05, 0.1) is 12.2 Å². The average molecular weight is 363 g/mol. The van der Waals surface area contributed by atoms with E-state index in [-0.39, 0.29) is 24.7 Å². The van der Waals surface area contributed by atoms with E-state index in [1.807, 2.05) is 18.2 Å². The summed E-state index contributed by atoms with van der Waals surface area (Å²) < 4.78 is 27.6. The Balaban J connectivity index is 1.56. The lowest BCUT2D eigenvalue weighted by molar-refractivity contribution is 0.174. The summed E-state index contributed by atoms with van der Waals surface area (Å²) in [6.07, 6.45) is 3.30. The summed E-state index contributed by atoms with van der Waals surface area (Å²) in [6, 6.07) is 13.7. The molecule has 0 atom stereocenters. The number of hydrogen-bond donors (Lipinski definition) is 0. The molecule has 0 saturated heterocycles. The quantitative estimate of drug-likeness (QED) is 0.561. The minimum atomic E-state index is -0.334. The van der Waals surface area contributed by atoms with Gasteiger partial charge in [0.2, 0.25) is 6.79 Å². The Labute approximate surface area is 153 Å². The topological polar surface area (TPSA) is 57.8 Å². The standard InChI is InChI=1S/C20H14FN3O3/c21-15-4-2-1-3-14(15)11-23-7-8-24-17(20(23)25)10-16(22-24)13-5-6-18-19(9-13)27-12-26-18/h1-10H,11-12H2. The van der Waals surface area contributed by atoms with Crippen LogP contribution in [0.5, 0.6) is 11.5 Å². The fourth-order valence-corrected chi connectivity index (χ4v) is 3.16. The number of nitrogens with zero attached hydrogens (tertiary/aromatic N) is 3. The van der Waals surface area contributed by atoms with Crippen LogP contribution in [0.3, 0.4) is 0 Å². The van der Waals surface area contributed by atoms with Crippen LogP contribution >= 0.6 is 0 Å². The number of halogens is 1. The highest BCUT2D eigenvalue weighted by Gasteiger charge is 2.16. The Bertz CT molecular complexity index is 1230. The van der Waals surface area contributed by atoms with Crippen LogP contribution in [0, 0.1) is 5.82 Å². The van der Waals surface area contributed by atoms with Crippen LogP contribution in [0.1, 0.15) is 5.56 Å². The molecule has 4 aromatic rings. The molecule has 0 amide bonds. The van der Waals surface area contributed by atoms with Crippen LogP contribution in [0.2, 0.25) is 0 Å². The molecule has 5 rings (SSSR count). The molecule has 2 aromatic carbocycles. The van der Waals surface area contributed by atoms with Crippen LogP contribution in [-0.2, 0) is 6.54 Å². The van der Waals surface area contributed by atoms with Gasteiger partial charge in [0.1, 0.15) is 11.3 Å². The van der Waals surface area contributed by atoms with Crippen molar-refractivity contribution in [1.82, 2.24) is 14.2 Å². The molecular formula is C20H14FN3O3. The fourth-order valence-electron chi connectivity index (χ4n) is 3.16. The van der Waals surface area contributed by atoms with Gasteiger partial charge in [-0.2, -0.15) is 5.10 Å². The van der Waals surface area contributed by atoms with E-state index >= 15 is 0 Å². The second-order valence-electron chi connectivity index (χ2n) is 6.25. The summed E-state index contributed by atoms with van der Waals surface area (Å²) in [5, 5.41) is 4.47. The molecule has 2 aromatic heterocycles. The molecule has 0 aliphatic carbocycles. The molecule has 7 heteroatoms. The number of hydrogen-bond acceptors (Lipinski definition) is 4. The Hall–Kier alpha value is -3.61. The Kier molecular flexibility index (Phi) is 3.46. The van der Waals surface area contributed by atoms with Crippen LogP contribution in [0.15, 0.2) is 65.7 Å². The van der Waals surface area contributed by atoms with Crippen molar-refractivity contribution in [2.45, 2.75) is 6.54 Å². The largest absolute Gasteiger partial charge is 0.454 e. The van der Waals surface area contributed by atoms with Crippen molar-refractivity contribution >= 4 is 5.52 Å². The van der Waals surface area contributed by atoms with Crippen LogP contribution in [0.4, 0.5) is 4.39 Å². The van der Waals surface area contributed by atoms with Gasteiger partial charge in [-0.05, 0) is 30.3 Å². The second kappa shape index (κ2) is 5.98. The summed E-state index contributed by atoms with van der Waals surface area (Å²) in [5.74, 6) is 1.01. The molecule has 0 spiro atoms. The number of rotatable bonds is 3. The molecule has 0 unspecified atom stereocenters. The van der Waals surface area contributed by atoms with Crippen molar-refractivity contribution in [1.29, 1.82) is 0 Å². The minimum absolute atomic E-state index is 0.159. The van der Waals surface area contributed by atoms with Gasteiger partial charge in [-0.15, -0.1) is 0 Å².